The Morgan fingerprint density at radius 2 is 2.00 bits per heavy atom. The van der Waals surface area contributed by atoms with Crippen molar-refractivity contribution in [1.82, 2.24) is 34.8 Å². The molecule has 0 unspecified atom stereocenters. The number of β-lactam (4-membered cyclic amide) rings is 1. The second-order valence-corrected chi connectivity index (χ2v) is 12.2. The van der Waals surface area contributed by atoms with Crippen molar-refractivity contribution in [2.45, 2.75) is 23.4 Å². The fourth-order valence-electron chi connectivity index (χ4n) is 4.20. The molecule has 0 aliphatic carbocycles. The average Bonchev–Trinajstić information content (AvgIpc) is 3.63. The van der Waals surface area contributed by atoms with Gasteiger partial charge in [0.25, 0.3) is 23.4 Å². The number of anilines is 1. The lowest BCUT2D eigenvalue weighted by atomic mass is 10.0. The molecule has 5 rings (SSSR count). The summed E-state index contributed by atoms with van der Waals surface area (Å²) in [7, 11) is 1.22. The summed E-state index contributed by atoms with van der Waals surface area (Å²) in [5.41, 5.74) is 0.614. The molecule has 3 aromatic rings. The SMILES string of the molecule is CO/N=C(\C(=O)N[C@@H]1C(=O)N2C(C(=O)O)=C(CSc3cc(C)nc4nc(C(=O)O)nn34)CS[C@H]12)c1csc(NC(=O)CCl)n1. The van der Waals surface area contributed by atoms with Gasteiger partial charge in [-0.3, -0.25) is 19.3 Å². The Labute approximate surface area is 264 Å². The Kier molecular flexibility index (Phi) is 9.04. The molecule has 2 aliphatic heterocycles. The van der Waals surface area contributed by atoms with Gasteiger partial charge in [0.05, 0.1) is 0 Å². The molecule has 0 saturated carbocycles. The number of hydrogen-bond donors (Lipinski definition) is 4. The van der Waals surface area contributed by atoms with Gasteiger partial charge in [0, 0.05) is 22.6 Å². The highest BCUT2D eigenvalue weighted by Gasteiger charge is 2.54. The van der Waals surface area contributed by atoms with Crippen LogP contribution in [-0.2, 0) is 24.0 Å². The van der Waals surface area contributed by atoms with E-state index in [1.54, 1.807) is 13.0 Å². The summed E-state index contributed by atoms with van der Waals surface area (Å²) in [6, 6.07) is 0.605. The van der Waals surface area contributed by atoms with Crippen LogP contribution in [0.4, 0.5) is 5.13 Å². The van der Waals surface area contributed by atoms with Crippen LogP contribution in [0.3, 0.4) is 0 Å². The number of carboxylic acid groups (broad SMARTS) is 2. The summed E-state index contributed by atoms with van der Waals surface area (Å²) < 4.78 is 1.26. The first kappa shape index (κ1) is 31.2. The normalized spacial score (nSPS) is 18.1. The number of hydrogen-bond acceptors (Lipinski definition) is 14. The van der Waals surface area contributed by atoms with Gasteiger partial charge < -0.3 is 25.7 Å². The molecule has 0 bridgehead atoms. The van der Waals surface area contributed by atoms with Crippen LogP contribution in [0.2, 0.25) is 0 Å². The third-order valence-corrected chi connectivity index (χ3v) is 9.46. The molecule has 3 amide bonds. The summed E-state index contributed by atoms with van der Waals surface area (Å²) in [5.74, 6) is -4.82. The Balaban J connectivity index is 1.32. The Bertz CT molecular complexity index is 1770. The Morgan fingerprint density at radius 1 is 1.23 bits per heavy atom. The van der Waals surface area contributed by atoms with Crippen LogP contribution in [0, 0.1) is 6.92 Å². The number of aryl methyl sites for hydroxylation is 1. The van der Waals surface area contributed by atoms with Gasteiger partial charge in [-0.1, -0.05) is 5.16 Å². The van der Waals surface area contributed by atoms with E-state index < -0.39 is 46.9 Å². The highest BCUT2D eigenvalue weighted by molar-refractivity contribution is 8.01. The third kappa shape index (κ3) is 6.05. The van der Waals surface area contributed by atoms with Gasteiger partial charge in [-0.15, -0.1) is 51.6 Å². The number of thioether (sulfide) groups is 2. The van der Waals surface area contributed by atoms with Gasteiger partial charge in [-0.25, -0.2) is 19.6 Å². The van der Waals surface area contributed by atoms with Crippen molar-refractivity contribution in [2.75, 3.05) is 29.8 Å². The van der Waals surface area contributed by atoms with Crippen LogP contribution < -0.4 is 10.6 Å². The maximum atomic E-state index is 13.2. The molecule has 21 heteroatoms. The van der Waals surface area contributed by atoms with Crippen molar-refractivity contribution < 1.29 is 39.0 Å². The summed E-state index contributed by atoms with van der Waals surface area (Å²) in [5, 5.41) is 33.4. The lowest BCUT2D eigenvalue weighted by molar-refractivity contribution is -0.150. The number of rotatable bonds is 11. The second kappa shape index (κ2) is 12.8. The van der Waals surface area contributed by atoms with Crippen LogP contribution in [0.15, 0.2) is 32.9 Å². The van der Waals surface area contributed by atoms with Gasteiger partial charge in [0.2, 0.25) is 5.91 Å². The molecule has 230 valence electrons. The number of thiazole rings is 1. The predicted octanol–water partition coefficient (Wildman–Crippen LogP) is 0.646. The van der Waals surface area contributed by atoms with Gasteiger partial charge in [0.15, 0.2) is 10.8 Å². The number of aromatic carboxylic acids is 1. The molecule has 4 N–H and O–H groups in total. The van der Waals surface area contributed by atoms with E-state index in [9.17, 15) is 34.2 Å². The highest BCUT2D eigenvalue weighted by Crippen LogP contribution is 2.41. The first-order valence-electron chi connectivity index (χ1n) is 12.3. The number of oxime groups is 1. The molecule has 44 heavy (non-hydrogen) atoms. The summed E-state index contributed by atoms with van der Waals surface area (Å²) >= 11 is 8.97. The molecule has 0 spiro atoms. The van der Waals surface area contributed by atoms with Crippen molar-refractivity contribution in [3.63, 3.8) is 0 Å². The topological polar surface area (TPSA) is 231 Å². The maximum Gasteiger partial charge on any atom is 0.375 e. The van der Waals surface area contributed by atoms with Gasteiger partial charge in [-0.2, -0.15) is 9.50 Å². The minimum absolute atomic E-state index is 0.0768. The number of carbonyl (C=O) groups is 5. The number of carbonyl (C=O) groups excluding carboxylic acids is 3. The van der Waals surface area contributed by atoms with Gasteiger partial charge in [-0.05, 0) is 18.6 Å². The van der Waals surface area contributed by atoms with E-state index in [-0.39, 0.29) is 45.4 Å². The summed E-state index contributed by atoms with van der Waals surface area (Å²) in [6.45, 7) is 1.70. The van der Waals surface area contributed by atoms with Crippen molar-refractivity contribution in [1.29, 1.82) is 0 Å². The number of halogens is 1. The van der Waals surface area contributed by atoms with E-state index in [0.29, 0.717) is 16.3 Å². The number of fused-ring (bicyclic) bond motifs is 2. The van der Waals surface area contributed by atoms with E-state index in [1.807, 2.05) is 0 Å². The van der Waals surface area contributed by atoms with Crippen LogP contribution in [0.25, 0.3) is 5.78 Å². The molecule has 0 radical (unpaired) electrons. The molecule has 2 aliphatic rings. The highest BCUT2D eigenvalue weighted by atomic mass is 35.5. The average molecular weight is 682 g/mol. The van der Waals surface area contributed by atoms with Crippen LogP contribution >= 0.6 is 46.5 Å². The summed E-state index contributed by atoms with van der Waals surface area (Å²) in [6.07, 6.45) is 0. The largest absolute Gasteiger partial charge is 0.477 e. The van der Waals surface area contributed by atoms with Crippen molar-refractivity contribution in [3.05, 3.63) is 39.9 Å². The number of aromatic nitrogens is 5. The maximum absolute atomic E-state index is 13.2. The fraction of sp³-hybridized carbons (Fsp3) is 0.304. The van der Waals surface area contributed by atoms with Crippen molar-refractivity contribution >= 4 is 92.7 Å². The van der Waals surface area contributed by atoms with Crippen LogP contribution in [0.5, 0.6) is 0 Å². The van der Waals surface area contributed by atoms with E-state index in [0.717, 1.165) is 16.2 Å². The van der Waals surface area contributed by atoms with E-state index in [2.05, 4.69) is 35.8 Å². The minimum atomic E-state index is -1.32. The first-order valence-corrected chi connectivity index (χ1v) is 15.7. The lowest BCUT2D eigenvalue weighted by Gasteiger charge is -2.49. The quantitative estimate of drug-likeness (QED) is 0.0544. The minimum Gasteiger partial charge on any atom is -0.477 e. The standard InChI is InChI=1S/C23H20ClN9O8S3/c1-8-3-12(33-22(25-8)29-16(30-33)21(39)40)42-5-9-6-43-19-14(18(36)32(19)15(9)20(37)38)28-17(35)13(31-41-2)10-7-44-23(26-10)27-11(34)4-24/h3,7,14,19H,4-6H2,1-2H3,(H,28,35)(H,37,38)(H,39,40)(H,26,27,34)/b31-13-/t14-,19-/m1/s1. The van der Waals surface area contributed by atoms with E-state index >= 15 is 0 Å². The summed E-state index contributed by atoms with van der Waals surface area (Å²) in [4.78, 5) is 79.6. The number of amides is 3. The van der Waals surface area contributed by atoms with Gasteiger partial charge in [0.1, 0.15) is 40.8 Å². The Hall–Kier alpha value is -4.27. The van der Waals surface area contributed by atoms with Crippen LogP contribution in [0.1, 0.15) is 22.0 Å². The zero-order valence-electron chi connectivity index (χ0n) is 22.5. The first-order chi connectivity index (χ1) is 21.0. The lowest BCUT2D eigenvalue weighted by Crippen LogP contribution is -2.71. The van der Waals surface area contributed by atoms with Gasteiger partial charge >= 0.3 is 11.9 Å². The Morgan fingerprint density at radius 3 is 2.68 bits per heavy atom. The molecular weight excluding hydrogens is 662 g/mol. The number of nitrogens with one attached hydrogen (secondary N) is 2. The molecule has 1 saturated heterocycles. The van der Waals surface area contributed by atoms with E-state index in [4.69, 9.17) is 16.4 Å². The third-order valence-electron chi connectivity index (χ3n) is 6.04. The fourth-order valence-corrected chi connectivity index (χ4v) is 7.51. The molecule has 2 atom stereocenters. The number of nitrogens with zero attached hydrogens (tertiary/aromatic N) is 7. The smallest absolute Gasteiger partial charge is 0.375 e. The number of aliphatic carboxylic acids is 1. The number of carboxylic acids is 2. The van der Waals surface area contributed by atoms with E-state index in [1.165, 1.54) is 40.5 Å². The molecular formula is C23H20ClN9O8S3. The van der Waals surface area contributed by atoms with Crippen molar-refractivity contribution in [2.24, 2.45) is 5.16 Å². The molecule has 3 aromatic heterocycles. The number of alkyl halides is 1. The monoisotopic (exact) mass is 681 g/mol. The van der Waals surface area contributed by atoms with Crippen LogP contribution in [-0.4, -0.2) is 111 Å². The zero-order chi connectivity index (χ0) is 31.7. The molecule has 17 nitrogen and oxygen atoms in total. The van der Waals surface area contributed by atoms with Crippen molar-refractivity contribution in [3.8, 4) is 0 Å². The molecule has 1 fully saturated rings. The predicted molar refractivity (Wildman–Crippen MR) is 158 cm³/mol. The molecule has 0 aromatic carbocycles. The molecule has 5 heterocycles. The second-order valence-electron chi connectivity index (χ2n) is 8.94. The zero-order valence-corrected chi connectivity index (χ0v) is 25.7.